The summed E-state index contributed by atoms with van der Waals surface area (Å²) in [7, 11) is 0. The molecular formula is C14H23N3. The molecule has 0 saturated heterocycles. The molecule has 1 heterocycles. The second-order valence-corrected chi connectivity index (χ2v) is 5.01. The predicted molar refractivity (Wildman–Crippen MR) is 70.7 cm³/mol. The first-order valence-electron chi connectivity index (χ1n) is 6.71. The molecule has 1 aliphatic rings. The van der Waals surface area contributed by atoms with Crippen LogP contribution in [-0.2, 0) is 6.54 Å². The zero-order valence-corrected chi connectivity index (χ0v) is 10.7. The fraction of sp³-hybridized carbons (Fsp3) is 0.643. The molecule has 0 bridgehead atoms. The molecule has 0 radical (unpaired) electrons. The molecule has 3 heteroatoms. The van der Waals surface area contributed by atoms with Crippen LogP contribution in [0.25, 0.3) is 0 Å². The molecule has 1 aromatic rings. The topological polar surface area (TPSA) is 40.7 Å². The Balaban J connectivity index is 1.70. The van der Waals surface area contributed by atoms with E-state index >= 15 is 0 Å². The van der Waals surface area contributed by atoms with E-state index in [2.05, 4.69) is 34.6 Å². The van der Waals surface area contributed by atoms with Gasteiger partial charge in [-0.3, -0.25) is 5.10 Å². The summed E-state index contributed by atoms with van der Waals surface area (Å²) in [6.07, 6.45) is 13.1. The number of H-pyrrole nitrogens is 1. The minimum atomic E-state index is 0.836. The third-order valence-electron chi connectivity index (χ3n) is 3.56. The summed E-state index contributed by atoms with van der Waals surface area (Å²) in [6, 6.07) is 0. The molecule has 0 saturated carbocycles. The Morgan fingerprint density at radius 2 is 2.24 bits per heavy atom. The maximum Gasteiger partial charge on any atom is 0.0519 e. The second kappa shape index (κ2) is 6.60. The molecule has 0 fully saturated rings. The van der Waals surface area contributed by atoms with Crippen LogP contribution in [0, 0.1) is 12.8 Å². The minimum absolute atomic E-state index is 0.836. The van der Waals surface area contributed by atoms with Gasteiger partial charge in [-0.2, -0.15) is 5.10 Å². The van der Waals surface area contributed by atoms with Crippen LogP contribution < -0.4 is 5.32 Å². The average Bonchev–Trinajstić information content (AvgIpc) is 2.67. The standard InChI is InChI=1S/C14H23N3/c1-12-9-16-17-14(12)11-15-10-13-7-5-3-2-4-6-8-13/h2-3,9,13,15H,4-8,10-11H2,1H3,(H,16,17)/b3-2-. The number of nitrogens with zero attached hydrogens (tertiary/aromatic N) is 1. The van der Waals surface area contributed by atoms with E-state index in [0.29, 0.717) is 0 Å². The summed E-state index contributed by atoms with van der Waals surface area (Å²) in [5, 5.41) is 10.6. The SMILES string of the molecule is Cc1cn[nH]c1CNCC1CC/C=C\CCC1. The molecule has 0 amide bonds. The molecule has 0 aliphatic heterocycles. The molecule has 17 heavy (non-hydrogen) atoms. The van der Waals surface area contributed by atoms with Gasteiger partial charge in [-0.1, -0.05) is 12.2 Å². The first-order valence-corrected chi connectivity index (χ1v) is 6.71. The van der Waals surface area contributed by atoms with Crippen LogP contribution in [-0.4, -0.2) is 16.7 Å². The maximum atomic E-state index is 4.04. The van der Waals surface area contributed by atoms with Gasteiger partial charge in [0.15, 0.2) is 0 Å². The van der Waals surface area contributed by atoms with Gasteiger partial charge in [-0.25, -0.2) is 0 Å². The molecule has 94 valence electrons. The van der Waals surface area contributed by atoms with Gasteiger partial charge in [0.2, 0.25) is 0 Å². The molecular weight excluding hydrogens is 210 g/mol. The van der Waals surface area contributed by atoms with E-state index in [0.717, 1.165) is 19.0 Å². The van der Waals surface area contributed by atoms with Crippen molar-refractivity contribution in [3.05, 3.63) is 29.6 Å². The van der Waals surface area contributed by atoms with Gasteiger partial charge in [0, 0.05) is 6.54 Å². The number of hydrogen-bond acceptors (Lipinski definition) is 2. The first kappa shape index (κ1) is 12.4. The number of rotatable bonds is 4. The molecule has 2 rings (SSSR count). The van der Waals surface area contributed by atoms with Crippen molar-refractivity contribution in [3.63, 3.8) is 0 Å². The number of aromatic amines is 1. The van der Waals surface area contributed by atoms with E-state index in [9.17, 15) is 0 Å². The summed E-state index contributed by atoms with van der Waals surface area (Å²) < 4.78 is 0. The zero-order chi connectivity index (χ0) is 11.9. The highest BCUT2D eigenvalue weighted by Gasteiger charge is 2.09. The van der Waals surface area contributed by atoms with E-state index in [1.54, 1.807) is 0 Å². The van der Waals surface area contributed by atoms with Crippen LogP contribution in [0.5, 0.6) is 0 Å². The van der Waals surface area contributed by atoms with Gasteiger partial charge in [0.25, 0.3) is 0 Å². The molecule has 3 nitrogen and oxygen atoms in total. The molecule has 1 atom stereocenters. The highest BCUT2D eigenvalue weighted by molar-refractivity contribution is 5.13. The first-order chi connectivity index (χ1) is 8.36. The Morgan fingerprint density at radius 1 is 1.35 bits per heavy atom. The highest BCUT2D eigenvalue weighted by Crippen LogP contribution is 2.18. The lowest BCUT2D eigenvalue weighted by atomic mass is 9.94. The Labute approximate surface area is 104 Å². The molecule has 0 aromatic carbocycles. The van der Waals surface area contributed by atoms with E-state index < -0.39 is 0 Å². The fourth-order valence-corrected chi connectivity index (χ4v) is 2.39. The number of aryl methyl sites for hydroxylation is 1. The molecule has 1 aromatic heterocycles. The number of nitrogens with one attached hydrogen (secondary N) is 2. The predicted octanol–water partition coefficient (Wildman–Crippen LogP) is 2.94. The lowest BCUT2D eigenvalue weighted by Gasteiger charge is -2.18. The van der Waals surface area contributed by atoms with Crippen LogP contribution >= 0.6 is 0 Å². The Hall–Kier alpha value is -1.09. The highest BCUT2D eigenvalue weighted by atomic mass is 15.1. The second-order valence-electron chi connectivity index (χ2n) is 5.01. The lowest BCUT2D eigenvalue weighted by molar-refractivity contribution is 0.405. The van der Waals surface area contributed by atoms with Crippen molar-refractivity contribution in [1.82, 2.24) is 15.5 Å². The minimum Gasteiger partial charge on any atom is -0.311 e. The van der Waals surface area contributed by atoms with Gasteiger partial charge in [-0.15, -0.1) is 0 Å². The summed E-state index contributed by atoms with van der Waals surface area (Å²) in [4.78, 5) is 0. The normalized spacial score (nSPS) is 23.0. The smallest absolute Gasteiger partial charge is 0.0519 e. The average molecular weight is 233 g/mol. The van der Waals surface area contributed by atoms with Crippen LogP contribution in [0.1, 0.15) is 43.4 Å². The Kier molecular flexibility index (Phi) is 4.80. The third kappa shape index (κ3) is 4.00. The fourth-order valence-electron chi connectivity index (χ4n) is 2.39. The molecule has 1 unspecified atom stereocenters. The Bertz CT molecular complexity index is 354. The largest absolute Gasteiger partial charge is 0.311 e. The molecule has 0 spiro atoms. The quantitative estimate of drug-likeness (QED) is 0.785. The third-order valence-corrected chi connectivity index (χ3v) is 3.56. The van der Waals surface area contributed by atoms with E-state index in [1.165, 1.54) is 43.4 Å². The summed E-state index contributed by atoms with van der Waals surface area (Å²) in [5.74, 6) is 0.836. The van der Waals surface area contributed by atoms with Crippen molar-refractivity contribution >= 4 is 0 Å². The van der Waals surface area contributed by atoms with Gasteiger partial charge >= 0.3 is 0 Å². The van der Waals surface area contributed by atoms with Gasteiger partial charge < -0.3 is 5.32 Å². The van der Waals surface area contributed by atoms with Crippen molar-refractivity contribution in [2.75, 3.05) is 6.54 Å². The van der Waals surface area contributed by atoms with Crippen molar-refractivity contribution in [1.29, 1.82) is 0 Å². The Morgan fingerprint density at radius 3 is 3.06 bits per heavy atom. The van der Waals surface area contributed by atoms with E-state index in [4.69, 9.17) is 0 Å². The summed E-state index contributed by atoms with van der Waals surface area (Å²) in [5.41, 5.74) is 2.47. The van der Waals surface area contributed by atoms with Crippen molar-refractivity contribution in [2.24, 2.45) is 5.92 Å². The number of allylic oxidation sites excluding steroid dienone is 2. The zero-order valence-electron chi connectivity index (χ0n) is 10.7. The lowest BCUT2D eigenvalue weighted by Crippen LogP contribution is -2.23. The maximum absolute atomic E-state index is 4.04. The van der Waals surface area contributed by atoms with Crippen LogP contribution in [0.4, 0.5) is 0 Å². The van der Waals surface area contributed by atoms with Crippen molar-refractivity contribution in [2.45, 2.75) is 45.6 Å². The van der Waals surface area contributed by atoms with Crippen molar-refractivity contribution in [3.8, 4) is 0 Å². The van der Waals surface area contributed by atoms with E-state index in [-0.39, 0.29) is 0 Å². The summed E-state index contributed by atoms with van der Waals surface area (Å²) in [6.45, 7) is 4.14. The van der Waals surface area contributed by atoms with E-state index in [1.807, 2.05) is 6.20 Å². The van der Waals surface area contributed by atoms with Gasteiger partial charge in [0.05, 0.1) is 11.9 Å². The number of hydrogen-bond donors (Lipinski definition) is 2. The monoisotopic (exact) mass is 233 g/mol. The van der Waals surface area contributed by atoms with Crippen LogP contribution in [0.3, 0.4) is 0 Å². The number of aromatic nitrogens is 2. The van der Waals surface area contributed by atoms with Gasteiger partial charge in [-0.05, 0) is 57.1 Å². The molecule has 2 N–H and O–H groups in total. The summed E-state index contributed by atoms with van der Waals surface area (Å²) >= 11 is 0. The van der Waals surface area contributed by atoms with Crippen molar-refractivity contribution < 1.29 is 0 Å². The van der Waals surface area contributed by atoms with Crippen LogP contribution in [0.15, 0.2) is 18.3 Å². The van der Waals surface area contributed by atoms with Crippen LogP contribution in [0.2, 0.25) is 0 Å². The molecule has 1 aliphatic carbocycles. The van der Waals surface area contributed by atoms with Gasteiger partial charge in [0.1, 0.15) is 0 Å².